The number of benzene rings is 1. The summed E-state index contributed by atoms with van der Waals surface area (Å²) >= 11 is 0. The van der Waals surface area contributed by atoms with Gasteiger partial charge in [0.15, 0.2) is 12.4 Å². The number of ketones is 1. The Kier molecular flexibility index (Phi) is 5.11. The number of ether oxygens (including phenoxy) is 1. The van der Waals surface area contributed by atoms with E-state index in [4.69, 9.17) is 14.3 Å². The minimum atomic E-state index is -1.12. The summed E-state index contributed by atoms with van der Waals surface area (Å²) in [5.74, 6) is -1.40. The van der Waals surface area contributed by atoms with E-state index < -0.39 is 24.0 Å². The van der Waals surface area contributed by atoms with Gasteiger partial charge in [-0.15, -0.1) is 0 Å². The predicted octanol–water partition coefficient (Wildman–Crippen LogP) is 2.74. The number of Topliss-reactive ketones (excluding diaryl/α,β-unsaturated/α-hetero) is 1. The van der Waals surface area contributed by atoms with Crippen molar-refractivity contribution in [1.29, 1.82) is 0 Å². The van der Waals surface area contributed by atoms with Crippen molar-refractivity contribution >= 4 is 22.7 Å². The van der Waals surface area contributed by atoms with E-state index in [1.165, 1.54) is 36.4 Å². The molecule has 0 aliphatic carbocycles. The van der Waals surface area contributed by atoms with Crippen molar-refractivity contribution in [3.63, 3.8) is 0 Å². The second-order valence-corrected chi connectivity index (χ2v) is 4.72. The van der Waals surface area contributed by atoms with Crippen LogP contribution in [0.4, 0.5) is 0 Å². The van der Waals surface area contributed by atoms with Gasteiger partial charge in [0.1, 0.15) is 16.9 Å². The second kappa shape index (κ2) is 7.23. The van der Waals surface area contributed by atoms with Crippen LogP contribution in [0.5, 0.6) is 5.75 Å². The van der Waals surface area contributed by atoms with E-state index in [9.17, 15) is 14.4 Å². The number of rotatable bonds is 7. The Balaban J connectivity index is 2.45. The number of carbonyl (C=O) groups excluding carboxylic acids is 1. The van der Waals surface area contributed by atoms with E-state index in [0.29, 0.717) is 5.39 Å². The van der Waals surface area contributed by atoms with Gasteiger partial charge in [0.2, 0.25) is 0 Å². The summed E-state index contributed by atoms with van der Waals surface area (Å²) in [7, 11) is 0. The van der Waals surface area contributed by atoms with Crippen molar-refractivity contribution in [3.05, 3.63) is 77.2 Å². The molecular formula is C18H14O6. The molecule has 1 N–H and O–H groups in total. The van der Waals surface area contributed by atoms with Crippen molar-refractivity contribution in [2.75, 3.05) is 6.61 Å². The van der Waals surface area contributed by atoms with Gasteiger partial charge in [-0.25, -0.2) is 9.59 Å². The third-order valence-corrected chi connectivity index (χ3v) is 3.09. The van der Waals surface area contributed by atoms with Gasteiger partial charge in [0.25, 0.3) is 0 Å². The van der Waals surface area contributed by atoms with Gasteiger partial charge in [0.05, 0.1) is 0 Å². The lowest BCUT2D eigenvalue weighted by Gasteiger charge is -2.05. The van der Waals surface area contributed by atoms with Crippen molar-refractivity contribution in [3.8, 4) is 5.75 Å². The molecule has 0 amide bonds. The topological polar surface area (TPSA) is 93.8 Å². The first-order valence-corrected chi connectivity index (χ1v) is 6.88. The molecule has 0 fully saturated rings. The summed E-state index contributed by atoms with van der Waals surface area (Å²) in [4.78, 5) is 34.9. The average molecular weight is 326 g/mol. The number of allylic oxidation sites excluding steroid dienone is 4. The fourth-order valence-corrected chi connectivity index (χ4v) is 2.00. The Bertz CT molecular complexity index is 917. The molecule has 0 saturated heterocycles. The molecule has 1 aromatic carbocycles. The molecule has 0 saturated carbocycles. The van der Waals surface area contributed by atoms with Crippen LogP contribution >= 0.6 is 0 Å². The van der Waals surface area contributed by atoms with Gasteiger partial charge < -0.3 is 14.3 Å². The van der Waals surface area contributed by atoms with E-state index in [2.05, 4.69) is 13.2 Å². The van der Waals surface area contributed by atoms with Crippen LogP contribution in [0.3, 0.4) is 0 Å². The summed E-state index contributed by atoms with van der Waals surface area (Å²) in [6.07, 6.45) is 4.20. The zero-order chi connectivity index (χ0) is 17.7. The zero-order valence-corrected chi connectivity index (χ0v) is 12.7. The van der Waals surface area contributed by atoms with Crippen LogP contribution in [-0.2, 0) is 4.79 Å². The van der Waals surface area contributed by atoms with Crippen LogP contribution in [0.15, 0.2) is 70.4 Å². The molecule has 0 unspecified atom stereocenters. The van der Waals surface area contributed by atoms with Gasteiger partial charge >= 0.3 is 11.6 Å². The fourth-order valence-electron chi connectivity index (χ4n) is 2.00. The van der Waals surface area contributed by atoms with E-state index in [-0.39, 0.29) is 22.5 Å². The van der Waals surface area contributed by atoms with Crippen LogP contribution in [-0.4, -0.2) is 23.5 Å². The standard InChI is InChI=1S/C18H14O6/c1-3-5-11(4-2)17(21)14-8-12-6-7-13(23-10-16(19)20)9-15(12)24-18(14)22/h3-9H,1-2,10H2,(H,19,20)/b11-5+. The number of hydrogen-bond acceptors (Lipinski definition) is 5. The summed E-state index contributed by atoms with van der Waals surface area (Å²) in [5, 5.41) is 9.09. The Labute approximate surface area is 137 Å². The first kappa shape index (κ1) is 17.0. The normalized spacial score (nSPS) is 11.1. The molecule has 0 radical (unpaired) electrons. The van der Waals surface area contributed by atoms with Crippen molar-refractivity contribution in [2.24, 2.45) is 0 Å². The molecule has 0 aliphatic heterocycles. The van der Waals surface area contributed by atoms with E-state index in [1.54, 1.807) is 6.07 Å². The molecule has 1 aromatic heterocycles. The van der Waals surface area contributed by atoms with Crippen molar-refractivity contribution in [2.45, 2.75) is 0 Å². The van der Waals surface area contributed by atoms with Crippen LogP contribution in [0.1, 0.15) is 10.4 Å². The van der Waals surface area contributed by atoms with Gasteiger partial charge in [0, 0.05) is 17.0 Å². The zero-order valence-electron chi connectivity index (χ0n) is 12.7. The summed E-state index contributed by atoms with van der Waals surface area (Å²) in [6, 6.07) is 5.89. The molecule has 0 bridgehead atoms. The number of aliphatic carboxylic acids is 1. The monoisotopic (exact) mass is 326 g/mol. The highest BCUT2D eigenvalue weighted by molar-refractivity contribution is 6.11. The second-order valence-electron chi connectivity index (χ2n) is 4.72. The maximum Gasteiger partial charge on any atom is 0.347 e. The molecule has 6 heteroatoms. The summed E-state index contributed by atoms with van der Waals surface area (Å²) in [5.41, 5.74) is -0.528. The molecule has 6 nitrogen and oxygen atoms in total. The first-order chi connectivity index (χ1) is 11.5. The maximum absolute atomic E-state index is 12.3. The Morgan fingerprint density at radius 1 is 1.25 bits per heavy atom. The third-order valence-electron chi connectivity index (χ3n) is 3.09. The molecule has 122 valence electrons. The lowest BCUT2D eigenvalue weighted by atomic mass is 10.0. The van der Waals surface area contributed by atoms with Crippen LogP contribution in [0, 0.1) is 0 Å². The van der Waals surface area contributed by atoms with Gasteiger partial charge in [-0.05, 0) is 18.2 Å². The molecular weight excluding hydrogens is 312 g/mol. The quantitative estimate of drug-likeness (QED) is 0.364. The summed E-state index contributed by atoms with van der Waals surface area (Å²) < 4.78 is 10.2. The molecule has 0 atom stereocenters. The lowest BCUT2D eigenvalue weighted by Crippen LogP contribution is -2.15. The fraction of sp³-hybridized carbons (Fsp3) is 0.0556. The van der Waals surface area contributed by atoms with Crippen LogP contribution < -0.4 is 10.4 Å². The van der Waals surface area contributed by atoms with E-state index in [0.717, 1.165) is 0 Å². The maximum atomic E-state index is 12.3. The highest BCUT2D eigenvalue weighted by Crippen LogP contribution is 2.21. The van der Waals surface area contributed by atoms with Gasteiger partial charge in [-0.3, -0.25) is 4.79 Å². The minimum Gasteiger partial charge on any atom is -0.482 e. The third kappa shape index (κ3) is 3.67. The Hall–Kier alpha value is -3.41. The minimum absolute atomic E-state index is 0.130. The number of fused-ring (bicyclic) bond motifs is 1. The Morgan fingerprint density at radius 2 is 2.00 bits per heavy atom. The van der Waals surface area contributed by atoms with Gasteiger partial charge in [-0.2, -0.15) is 0 Å². The highest BCUT2D eigenvalue weighted by atomic mass is 16.5. The number of carbonyl (C=O) groups is 2. The number of carboxylic acids is 1. The van der Waals surface area contributed by atoms with Crippen LogP contribution in [0.25, 0.3) is 11.0 Å². The lowest BCUT2D eigenvalue weighted by molar-refractivity contribution is -0.139. The van der Waals surface area contributed by atoms with Crippen molar-refractivity contribution in [1.82, 2.24) is 0 Å². The molecule has 1 heterocycles. The molecule has 0 aliphatic rings. The number of hydrogen-bond donors (Lipinski definition) is 1. The predicted molar refractivity (Wildman–Crippen MR) is 88.4 cm³/mol. The average Bonchev–Trinajstić information content (AvgIpc) is 2.56. The molecule has 2 aromatic rings. The van der Waals surface area contributed by atoms with Crippen LogP contribution in [0.2, 0.25) is 0 Å². The number of carboxylic acid groups (broad SMARTS) is 1. The highest BCUT2D eigenvalue weighted by Gasteiger charge is 2.16. The largest absolute Gasteiger partial charge is 0.482 e. The molecule has 24 heavy (non-hydrogen) atoms. The SMILES string of the molecule is C=C/C=C(\C=C)C(=O)c1cc2ccc(OCC(=O)O)cc2oc1=O. The van der Waals surface area contributed by atoms with E-state index >= 15 is 0 Å². The first-order valence-electron chi connectivity index (χ1n) is 6.88. The van der Waals surface area contributed by atoms with Gasteiger partial charge in [-0.1, -0.05) is 31.4 Å². The van der Waals surface area contributed by atoms with E-state index in [1.807, 2.05) is 0 Å². The molecule has 0 spiro atoms. The Morgan fingerprint density at radius 3 is 2.62 bits per heavy atom. The van der Waals surface area contributed by atoms with Crippen molar-refractivity contribution < 1.29 is 23.8 Å². The summed E-state index contributed by atoms with van der Waals surface area (Å²) in [6.45, 7) is 6.52. The molecule has 2 rings (SSSR count). The smallest absolute Gasteiger partial charge is 0.347 e.